The molecule has 34 heavy (non-hydrogen) atoms. The normalized spacial score (nSPS) is 14.0. The molecule has 0 aliphatic carbocycles. The van der Waals surface area contributed by atoms with Crippen molar-refractivity contribution in [3.05, 3.63) is 80.7 Å². The molecule has 2 aromatic carbocycles. The quantitative estimate of drug-likeness (QED) is 0.255. The number of hydrogen-bond donors (Lipinski definition) is 0. The second kappa shape index (κ2) is 9.52. The predicted molar refractivity (Wildman–Crippen MR) is 137 cm³/mol. The Labute approximate surface area is 206 Å². The summed E-state index contributed by atoms with van der Waals surface area (Å²) in [7, 11) is 1.62. The Kier molecular flexibility index (Phi) is 6.46. The number of ether oxygens (including phenoxy) is 1. The van der Waals surface area contributed by atoms with Crippen LogP contribution in [0, 0.1) is 5.82 Å². The molecule has 3 heterocycles. The lowest BCUT2D eigenvalue weighted by Gasteiger charge is -2.30. The Morgan fingerprint density at radius 3 is 2.56 bits per heavy atom. The van der Waals surface area contributed by atoms with Crippen LogP contribution in [0.4, 0.5) is 4.39 Å². The zero-order valence-electron chi connectivity index (χ0n) is 19.4. The second-order valence-corrected chi connectivity index (χ2v) is 10.7. The Morgan fingerprint density at radius 2 is 1.88 bits per heavy atom. The Hall–Kier alpha value is -2.68. The third-order valence-corrected chi connectivity index (χ3v) is 8.34. The Bertz CT molecular complexity index is 1380. The van der Waals surface area contributed by atoms with Gasteiger partial charge in [-0.1, -0.05) is 23.9 Å². The molecule has 5 nitrogen and oxygen atoms in total. The van der Waals surface area contributed by atoms with E-state index < -0.39 is 0 Å². The minimum absolute atomic E-state index is 0.0349. The number of rotatable bonds is 6. The summed E-state index contributed by atoms with van der Waals surface area (Å²) in [6, 6.07) is 14.4. The first-order valence-electron chi connectivity index (χ1n) is 11.3. The van der Waals surface area contributed by atoms with E-state index >= 15 is 0 Å². The van der Waals surface area contributed by atoms with Crippen LogP contribution in [0.15, 0.2) is 58.5 Å². The largest absolute Gasteiger partial charge is 0.497 e. The number of nitrogens with zero attached hydrogens (tertiary/aromatic N) is 3. The zero-order chi connectivity index (χ0) is 23.8. The van der Waals surface area contributed by atoms with Gasteiger partial charge in [0.2, 0.25) is 0 Å². The molecule has 0 saturated heterocycles. The molecule has 176 valence electrons. The minimum Gasteiger partial charge on any atom is -0.497 e. The topological polar surface area (TPSA) is 47.4 Å². The van der Waals surface area contributed by atoms with E-state index in [4.69, 9.17) is 9.72 Å². The molecular weight excluding hydrogens is 469 g/mol. The van der Waals surface area contributed by atoms with Crippen LogP contribution in [0.2, 0.25) is 0 Å². The third kappa shape index (κ3) is 4.37. The molecular formula is C26H26FN3O2S2. The molecule has 1 aliphatic heterocycles. The number of thioether (sulfide) groups is 1. The van der Waals surface area contributed by atoms with E-state index in [1.54, 1.807) is 35.1 Å². The highest BCUT2D eigenvalue weighted by atomic mass is 32.2. The van der Waals surface area contributed by atoms with Crippen LogP contribution in [0.1, 0.15) is 29.9 Å². The van der Waals surface area contributed by atoms with Crippen LogP contribution in [0.3, 0.4) is 0 Å². The van der Waals surface area contributed by atoms with Gasteiger partial charge in [0.25, 0.3) is 5.56 Å². The summed E-state index contributed by atoms with van der Waals surface area (Å²) in [4.78, 5) is 23.4. The van der Waals surface area contributed by atoms with Crippen molar-refractivity contribution in [3.8, 4) is 11.4 Å². The number of methoxy groups -OCH3 is 1. The van der Waals surface area contributed by atoms with Gasteiger partial charge in [0, 0.05) is 29.8 Å². The predicted octanol–water partition coefficient (Wildman–Crippen LogP) is 5.65. The summed E-state index contributed by atoms with van der Waals surface area (Å²) < 4.78 is 20.3. The van der Waals surface area contributed by atoms with E-state index in [0.29, 0.717) is 17.0 Å². The molecule has 0 fully saturated rings. The van der Waals surface area contributed by atoms with E-state index in [2.05, 4.69) is 18.7 Å². The monoisotopic (exact) mass is 495 g/mol. The van der Waals surface area contributed by atoms with Crippen LogP contribution in [0.25, 0.3) is 15.9 Å². The lowest BCUT2D eigenvalue weighted by atomic mass is 10.0. The molecule has 0 N–H and O–H groups in total. The van der Waals surface area contributed by atoms with E-state index in [1.807, 2.05) is 24.3 Å². The van der Waals surface area contributed by atoms with Crippen LogP contribution >= 0.6 is 23.1 Å². The molecule has 0 spiro atoms. The van der Waals surface area contributed by atoms with Gasteiger partial charge in [0.05, 0.1) is 18.2 Å². The lowest BCUT2D eigenvalue weighted by molar-refractivity contribution is 0.206. The van der Waals surface area contributed by atoms with Crippen molar-refractivity contribution in [1.29, 1.82) is 0 Å². The molecule has 0 amide bonds. The van der Waals surface area contributed by atoms with Crippen LogP contribution in [-0.4, -0.2) is 34.1 Å². The summed E-state index contributed by atoms with van der Waals surface area (Å²) >= 11 is 3.12. The first-order chi connectivity index (χ1) is 16.4. The van der Waals surface area contributed by atoms with E-state index in [9.17, 15) is 9.18 Å². The smallest absolute Gasteiger partial charge is 0.267 e. The molecule has 4 aromatic rings. The van der Waals surface area contributed by atoms with Gasteiger partial charge in [-0.15, -0.1) is 11.3 Å². The third-order valence-electron chi connectivity index (χ3n) is 6.22. The maximum absolute atomic E-state index is 13.9. The van der Waals surface area contributed by atoms with Crippen molar-refractivity contribution in [2.45, 2.75) is 43.8 Å². The number of halogens is 1. The SMILES string of the molecule is COc1ccc(-n2c(SCc3ccc(F)cc3)nc3sc4c(c3c2=O)CCN(C(C)C)C4)cc1. The van der Waals surface area contributed by atoms with Crippen molar-refractivity contribution in [3.63, 3.8) is 0 Å². The molecule has 0 unspecified atom stereocenters. The molecule has 1 aliphatic rings. The summed E-state index contributed by atoms with van der Waals surface area (Å²) in [5.74, 6) is 1.05. The van der Waals surface area contributed by atoms with Gasteiger partial charge in [-0.05, 0) is 67.8 Å². The summed E-state index contributed by atoms with van der Waals surface area (Å²) in [6.07, 6.45) is 0.856. The number of thiophene rings is 1. The number of hydrogen-bond acceptors (Lipinski definition) is 6. The average Bonchev–Trinajstić information content (AvgIpc) is 3.21. The zero-order valence-corrected chi connectivity index (χ0v) is 21.0. The van der Waals surface area contributed by atoms with Gasteiger partial charge in [-0.2, -0.15) is 0 Å². The Balaban J connectivity index is 1.62. The van der Waals surface area contributed by atoms with Gasteiger partial charge < -0.3 is 4.74 Å². The van der Waals surface area contributed by atoms with Crippen molar-refractivity contribution in [2.24, 2.45) is 0 Å². The maximum Gasteiger partial charge on any atom is 0.267 e. The fraction of sp³-hybridized carbons (Fsp3) is 0.308. The molecule has 0 saturated carbocycles. The van der Waals surface area contributed by atoms with E-state index in [0.717, 1.165) is 52.3 Å². The average molecular weight is 496 g/mol. The maximum atomic E-state index is 13.9. The van der Waals surface area contributed by atoms with Crippen molar-refractivity contribution >= 4 is 33.3 Å². The highest BCUT2D eigenvalue weighted by molar-refractivity contribution is 7.98. The highest BCUT2D eigenvalue weighted by Crippen LogP contribution is 2.35. The van der Waals surface area contributed by atoms with Crippen LogP contribution < -0.4 is 10.3 Å². The van der Waals surface area contributed by atoms with Gasteiger partial charge in [-0.3, -0.25) is 14.3 Å². The molecule has 5 rings (SSSR count). The van der Waals surface area contributed by atoms with Crippen molar-refractivity contribution in [1.82, 2.24) is 14.5 Å². The molecule has 8 heteroatoms. The number of fused-ring (bicyclic) bond motifs is 3. The molecule has 0 atom stereocenters. The first kappa shape index (κ1) is 23.1. The first-order valence-corrected chi connectivity index (χ1v) is 13.1. The van der Waals surface area contributed by atoms with E-state index in [-0.39, 0.29) is 11.4 Å². The van der Waals surface area contributed by atoms with Crippen molar-refractivity contribution in [2.75, 3.05) is 13.7 Å². The van der Waals surface area contributed by atoms with Gasteiger partial charge in [0.15, 0.2) is 5.16 Å². The lowest BCUT2D eigenvalue weighted by Crippen LogP contribution is -2.35. The molecule has 2 aromatic heterocycles. The number of benzene rings is 2. The van der Waals surface area contributed by atoms with Crippen LogP contribution in [-0.2, 0) is 18.7 Å². The minimum atomic E-state index is -0.261. The second-order valence-electron chi connectivity index (χ2n) is 8.65. The summed E-state index contributed by atoms with van der Waals surface area (Å²) in [5, 5.41) is 1.37. The molecule has 0 radical (unpaired) electrons. The fourth-order valence-corrected chi connectivity index (χ4v) is 6.52. The van der Waals surface area contributed by atoms with Crippen molar-refractivity contribution < 1.29 is 9.13 Å². The van der Waals surface area contributed by atoms with Gasteiger partial charge >= 0.3 is 0 Å². The van der Waals surface area contributed by atoms with Gasteiger partial charge in [-0.25, -0.2) is 9.37 Å². The molecule has 0 bridgehead atoms. The van der Waals surface area contributed by atoms with Gasteiger partial charge in [0.1, 0.15) is 16.4 Å². The standard InChI is InChI=1S/C26H26FN3O2S2/c1-16(2)29-13-12-21-22(14-29)34-24-23(21)25(31)30(19-8-10-20(32-3)11-9-19)26(28-24)33-15-17-4-6-18(27)7-5-17/h4-11,16H,12-15H2,1-3H3. The highest BCUT2D eigenvalue weighted by Gasteiger charge is 2.26. The Morgan fingerprint density at radius 1 is 1.15 bits per heavy atom. The fourth-order valence-electron chi connectivity index (χ4n) is 4.27. The van der Waals surface area contributed by atoms with E-state index in [1.165, 1.54) is 28.8 Å². The summed E-state index contributed by atoms with van der Waals surface area (Å²) in [5.41, 5.74) is 2.83. The van der Waals surface area contributed by atoms with Crippen LogP contribution in [0.5, 0.6) is 5.75 Å². The number of aromatic nitrogens is 2. The summed E-state index contributed by atoms with van der Waals surface area (Å²) in [6.45, 7) is 6.21.